The van der Waals surface area contributed by atoms with Crippen molar-refractivity contribution in [3.63, 3.8) is 0 Å². The van der Waals surface area contributed by atoms with Crippen LogP contribution in [0.25, 0.3) is 0 Å². The SMILES string of the molecule is CC(C)Oc1ccc(Br)cc1[CH]O. The van der Waals surface area contributed by atoms with E-state index in [1.165, 1.54) is 0 Å². The van der Waals surface area contributed by atoms with Crippen LogP contribution in [0.5, 0.6) is 5.75 Å². The highest BCUT2D eigenvalue weighted by Crippen LogP contribution is 2.24. The average molecular weight is 244 g/mol. The fraction of sp³-hybridized carbons (Fsp3) is 0.300. The van der Waals surface area contributed by atoms with Gasteiger partial charge in [0.1, 0.15) is 12.4 Å². The first-order chi connectivity index (χ1) is 6.13. The van der Waals surface area contributed by atoms with Gasteiger partial charge >= 0.3 is 0 Å². The predicted molar refractivity (Wildman–Crippen MR) is 55.2 cm³/mol. The maximum Gasteiger partial charge on any atom is 0.125 e. The molecule has 71 valence electrons. The summed E-state index contributed by atoms with van der Waals surface area (Å²) >= 11 is 3.32. The van der Waals surface area contributed by atoms with Gasteiger partial charge in [-0.15, -0.1) is 0 Å². The zero-order chi connectivity index (χ0) is 9.84. The number of hydrogen-bond donors (Lipinski definition) is 1. The Kier molecular flexibility index (Phi) is 3.75. The van der Waals surface area contributed by atoms with Gasteiger partial charge in [-0.2, -0.15) is 0 Å². The molecule has 0 atom stereocenters. The molecule has 1 radical (unpaired) electrons. The van der Waals surface area contributed by atoms with Crippen LogP contribution in [0.3, 0.4) is 0 Å². The van der Waals surface area contributed by atoms with Crippen molar-refractivity contribution in [3.8, 4) is 5.75 Å². The molecule has 2 nitrogen and oxygen atoms in total. The van der Waals surface area contributed by atoms with Crippen LogP contribution in [0, 0.1) is 6.61 Å². The van der Waals surface area contributed by atoms with Gasteiger partial charge < -0.3 is 9.84 Å². The van der Waals surface area contributed by atoms with E-state index in [1.807, 2.05) is 26.0 Å². The van der Waals surface area contributed by atoms with E-state index in [4.69, 9.17) is 9.84 Å². The lowest BCUT2D eigenvalue weighted by atomic mass is 10.2. The smallest absolute Gasteiger partial charge is 0.125 e. The third-order valence-electron chi connectivity index (χ3n) is 1.47. The summed E-state index contributed by atoms with van der Waals surface area (Å²) in [6.45, 7) is 4.94. The van der Waals surface area contributed by atoms with E-state index >= 15 is 0 Å². The monoisotopic (exact) mass is 243 g/mol. The average Bonchev–Trinajstić information content (AvgIpc) is 2.07. The Bertz CT molecular complexity index is 284. The van der Waals surface area contributed by atoms with Gasteiger partial charge in [-0.1, -0.05) is 15.9 Å². The molecule has 1 aromatic rings. The van der Waals surface area contributed by atoms with E-state index < -0.39 is 0 Å². The Morgan fingerprint density at radius 2 is 2.15 bits per heavy atom. The Morgan fingerprint density at radius 1 is 1.46 bits per heavy atom. The summed E-state index contributed by atoms with van der Waals surface area (Å²) in [5, 5.41) is 8.93. The normalized spacial score (nSPS) is 10.5. The molecule has 0 bridgehead atoms. The molecule has 0 saturated heterocycles. The summed E-state index contributed by atoms with van der Waals surface area (Å²) in [6, 6.07) is 5.51. The van der Waals surface area contributed by atoms with E-state index in [1.54, 1.807) is 6.07 Å². The molecule has 3 heteroatoms. The molecule has 0 saturated carbocycles. The summed E-state index contributed by atoms with van der Waals surface area (Å²) in [5.41, 5.74) is 0.683. The summed E-state index contributed by atoms with van der Waals surface area (Å²) in [7, 11) is 0. The fourth-order valence-electron chi connectivity index (χ4n) is 0.981. The molecule has 0 amide bonds. The lowest BCUT2D eigenvalue weighted by Crippen LogP contribution is -2.07. The van der Waals surface area contributed by atoms with Crippen LogP contribution in [0.1, 0.15) is 19.4 Å². The Labute approximate surface area is 86.7 Å². The van der Waals surface area contributed by atoms with Gasteiger partial charge in [-0.3, -0.25) is 0 Å². The maximum absolute atomic E-state index is 8.93. The second-order valence-electron chi connectivity index (χ2n) is 2.98. The van der Waals surface area contributed by atoms with E-state index in [0.29, 0.717) is 11.3 Å². The van der Waals surface area contributed by atoms with E-state index in [-0.39, 0.29) is 6.10 Å². The van der Waals surface area contributed by atoms with E-state index in [0.717, 1.165) is 11.1 Å². The number of aliphatic hydroxyl groups excluding tert-OH is 1. The minimum absolute atomic E-state index is 0.111. The summed E-state index contributed by atoms with van der Waals surface area (Å²) in [6.07, 6.45) is 0.111. The summed E-state index contributed by atoms with van der Waals surface area (Å²) < 4.78 is 6.40. The summed E-state index contributed by atoms with van der Waals surface area (Å²) in [5.74, 6) is 0.695. The van der Waals surface area contributed by atoms with Crippen LogP contribution in [0.2, 0.25) is 0 Å². The lowest BCUT2D eigenvalue weighted by molar-refractivity contribution is 0.238. The molecule has 0 fully saturated rings. The fourth-order valence-corrected chi connectivity index (χ4v) is 1.36. The third kappa shape index (κ3) is 3.01. The number of halogens is 1. The molecule has 1 rings (SSSR count). The first kappa shape index (κ1) is 10.5. The zero-order valence-electron chi connectivity index (χ0n) is 7.62. The second kappa shape index (κ2) is 4.63. The van der Waals surface area contributed by atoms with Crippen molar-refractivity contribution in [1.82, 2.24) is 0 Å². The molecular weight excluding hydrogens is 232 g/mol. The van der Waals surface area contributed by atoms with Crippen molar-refractivity contribution >= 4 is 15.9 Å². The predicted octanol–water partition coefficient (Wildman–Crippen LogP) is 3.12. The second-order valence-corrected chi connectivity index (χ2v) is 3.89. The van der Waals surface area contributed by atoms with Gasteiger partial charge in [0.05, 0.1) is 6.10 Å². The Hall–Kier alpha value is -0.540. The highest BCUT2D eigenvalue weighted by Gasteiger charge is 2.05. The highest BCUT2D eigenvalue weighted by molar-refractivity contribution is 9.10. The van der Waals surface area contributed by atoms with Crippen LogP contribution >= 0.6 is 15.9 Å². The molecule has 1 N–H and O–H groups in total. The Balaban J connectivity index is 2.92. The Morgan fingerprint density at radius 3 is 2.69 bits per heavy atom. The van der Waals surface area contributed by atoms with Gasteiger partial charge in [-0.05, 0) is 32.0 Å². The lowest BCUT2D eigenvalue weighted by Gasteiger charge is -2.12. The number of aliphatic hydroxyl groups is 1. The molecular formula is C10H12BrO2. The maximum atomic E-state index is 8.93. The molecule has 0 aliphatic heterocycles. The van der Waals surface area contributed by atoms with Crippen LogP contribution in [0.4, 0.5) is 0 Å². The topological polar surface area (TPSA) is 29.5 Å². The molecule has 0 spiro atoms. The number of rotatable bonds is 3. The van der Waals surface area contributed by atoms with Gasteiger partial charge in [0.15, 0.2) is 0 Å². The first-order valence-corrected chi connectivity index (χ1v) is 4.86. The number of hydrogen-bond acceptors (Lipinski definition) is 2. The highest BCUT2D eigenvalue weighted by atomic mass is 79.9. The van der Waals surface area contributed by atoms with Crippen LogP contribution < -0.4 is 4.74 Å². The molecule has 0 aliphatic carbocycles. The number of ether oxygens (including phenoxy) is 1. The molecule has 0 aliphatic rings. The van der Waals surface area contributed by atoms with Crippen LogP contribution in [-0.2, 0) is 0 Å². The summed E-state index contributed by atoms with van der Waals surface area (Å²) in [4.78, 5) is 0. The molecule has 0 heterocycles. The van der Waals surface area contributed by atoms with E-state index in [9.17, 15) is 0 Å². The molecule has 0 unspecified atom stereocenters. The van der Waals surface area contributed by atoms with E-state index in [2.05, 4.69) is 15.9 Å². The standard InChI is InChI=1S/C10H12BrO2/c1-7(2)13-10-4-3-9(11)5-8(10)6-12/h3-7,12H,1-2H3. The third-order valence-corrected chi connectivity index (χ3v) is 1.97. The molecule has 0 aromatic heterocycles. The van der Waals surface area contributed by atoms with Gasteiger partial charge in [-0.25, -0.2) is 0 Å². The van der Waals surface area contributed by atoms with Crippen molar-refractivity contribution in [2.24, 2.45) is 0 Å². The van der Waals surface area contributed by atoms with Crippen molar-refractivity contribution < 1.29 is 9.84 Å². The van der Waals surface area contributed by atoms with Crippen molar-refractivity contribution in [2.75, 3.05) is 0 Å². The van der Waals surface area contributed by atoms with Gasteiger partial charge in [0.25, 0.3) is 0 Å². The van der Waals surface area contributed by atoms with Gasteiger partial charge in [0.2, 0.25) is 0 Å². The largest absolute Gasteiger partial charge is 0.491 e. The van der Waals surface area contributed by atoms with Crippen LogP contribution in [-0.4, -0.2) is 11.2 Å². The van der Waals surface area contributed by atoms with Crippen molar-refractivity contribution in [3.05, 3.63) is 34.8 Å². The quantitative estimate of drug-likeness (QED) is 0.885. The first-order valence-electron chi connectivity index (χ1n) is 4.07. The zero-order valence-corrected chi connectivity index (χ0v) is 9.21. The van der Waals surface area contributed by atoms with Crippen molar-refractivity contribution in [1.29, 1.82) is 0 Å². The van der Waals surface area contributed by atoms with Crippen LogP contribution in [0.15, 0.2) is 22.7 Å². The van der Waals surface area contributed by atoms with Crippen molar-refractivity contribution in [2.45, 2.75) is 20.0 Å². The minimum atomic E-state index is 0.111. The molecule has 13 heavy (non-hydrogen) atoms. The molecule has 1 aromatic carbocycles. The number of benzene rings is 1. The van der Waals surface area contributed by atoms with Gasteiger partial charge in [0, 0.05) is 10.0 Å². The minimum Gasteiger partial charge on any atom is -0.491 e.